The highest BCUT2D eigenvalue weighted by Crippen LogP contribution is 2.39. The van der Waals surface area contributed by atoms with Gasteiger partial charge in [0.25, 0.3) is 0 Å². The molecule has 0 amide bonds. The maximum atomic E-state index is 12.1. The molecule has 0 aromatic carbocycles. The first kappa shape index (κ1) is 12.2. The van der Waals surface area contributed by atoms with Crippen LogP contribution in [0.5, 0.6) is 0 Å². The second-order valence-electron chi connectivity index (χ2n) is 4.99. The molecule has 1 aromatic rings. The third-order valence-corrected chi connectivity index (χ3v) is 3.77. The molecule has 1 heterocycles. The number of nitrogens with zero attached hydrogens (tertiary/aromatic N) is 2. The minimum atomic E-state index is 0.0190. The van der Waals surface area contributed by atoms with Crippen molar-refractivity contribution in [3.8, 4) is 0 Å². The van der Waals surface area contributed by atoms with Crippen molar-refractivity contribution in [2.45, 2.75) is 38.5 Å². The van der Waals surface area contributed by atoms with E-state index >= 15 is 0 Å². The van der Waals surface area contributed by atoms with E-state index in [9.17, 15) is 4.79 Å². The van der Waals surface area contributed by atoms with Crippen molar-refractivity contribution in [1.82, 2.24) is 9.97 Å². The van der Waals surface area contributed by atoms with Crippen LogP contribution in [0.4, 0.5) is 0 Å². The largest absolute Gasteiger partial charge is 0.330 e. The van der Waals surface area contributed by atoms with E-state index in [0.717, 1.165) is 12.8 Å². The van der Waals surface area contributed by atoms with Crippen molar-refractivity contribution >= 4 is 5.78 Å². The Morgan fingerprint density at radius 3 is 2.47 bits per heavy atom. The van der Waals surface area contributed by atoms with Crippen molar-refractivity contribution in [3.05, 3.63) is 24.3 Å². The number of carbonyl (C=O) groups excluding carboxylic acids is 1. The molecule has 1 saturated carbocycles. The van der Waals surface area contributed by atoms with Crippen LogP contribution in [0.2, 0.25) is 0 Å². The van der Waals surface area contributed by atoms with Crippen LogP contribution in [0.1, 0.15) is 48.9 Å². The van der Waals surface area contributed by atoms with E-state index in [2.05, 4.69) is 9.97 Å². The second-order valence-corrected chi connectivity index (χ2v) is 4.99. The van der Waals surface area contributed by atoms with Gasteiger partial charge in [0.2, 0.25) is 0 Å². The summed E-state index contributed by atoms with van der Waals surface area (Å²) in [5.41, 5.74) is 6.50. The quantitative estimate of drug-likeness (QED) is 0.807. The minimum absolute atomic E-state index is 0.0190. The molecule has 0 bridgehead atoms. The van der Waals surface area contributed by atoms with Crippen LogP contribution < -0.4 is 5.73 Å². The van der Waals surface area contributed by atoms with E-state index in [0.29, 0.717) is 18.5 Å². The Kier molecular flexibility index (Phi) is 3.84. The molecule has 1 aliphatic rings. The molecule has 92 valence electrons. The summed E-state index contributed by atoms with van der Waals surface area (Å²) in [5.74, 6) is 0.123. The molecule has 0 aliphatic heterocycles. The van der Waals surface area contributed by atoms with Gasteiger partial charge in [-0.05, 0) is 24.8 Å². The first-order chi connectivity index (χ1) is 8.26. The van der Waals surface area contributed by atoms with Gasteiger partial charge >= 0.3 is 0 Å². The number of nitrogens with two attached hydrogens (primary N) is 1. The Labute approximate surface area is 102 Å². The summed E-state index contributed by atoms with van der Waals surface area (Å²) < 4.78 is 0. The molecule has 1 fully saturated rings. The molecule has 0 saturated heterocycles. The van der Waals surface area contributed by atoms with Crippen LogP contribution in [0.25, 0.3) is 0 Å². The van der Waals surface area contributed by atoms with Gasteiger partial charge in [-0.2, -0.15) is 0 Å². The van der Waals surface area contributed by atoms with E-state index in [4.69, 9.17) is 5.73 Å². The second kappa shape index (κ2) is 5.36. The number of rotatable bonds is 4. The average molecular weight is 233 g/mol. The van der Waals surface area contributed by atoms with Crippen LogP contribution in [0, 0.1) is 5.41 Å². The Morgan fingerprint density at radius 1 is 1.24 bits per heavy atom. The third kappa shape index (κ3) is 2.88. The van der Waals surface area contributed by atoms with Crippen LogP contribution in [0.15, 0.2) is 18.7 Å². The maximum Gasteiger partial charge on any atom is 0.166 e. The van der Waals surface area contributed by atoms with E-state index in [1.807, 2.05) is 0 Å². The summed E-state index contributed by atoms with van der Waals surface area (Å²) in [5, 5.41) is 0. The average Bonchev–Trinajstić information content (AvgIpc) is 2.41. The van der Waals surface area contributed by atoms with Crippen LogP contribution in [-0.4, -0.2) is 22.3 Å². The van der Waals surface area contributed by atoms with Crippen molar-refractivity contribution in [1.29, 1.82) is 0 Å². The summed E-state index contributed by atoms with van der Waals surface area (Å²) in [7, 11) is 0. The fourth-order valence-electron chi connectivity index (χ4n) is 2.64. The van der Waals surface area contributed by atoms with Gasteiger partial charge in [-0.1, -0.05) is 19.3 Å². The van der Waals surface area contributed by atoms with Gasteiger partial charge < -0.3 is 5.73 Å². The summed E-state index contributed by atoms with van der Waals surface area (Å²) in [4.78, 5) is 19.9. The molecule has 2 N–H and O–H groups in total. The van der Waals surface area contributed by atoms with Gasteiger partial charge in [0.15, 0.2) is 5.78 Å². The molecule has 4 heteroatoms. The van der Waals surface area contributed by atoms with Gasteiger partial charge in [-0.15, -0.1) is 0 Å². The molecule has 0 atom stereocenters. The highest BCUT2D eigenvalue weighted by Gasteiger charge is 2.33. The monoisotopic (exact) mass is 233 g/mol. The van der Waals surface area contributed by atoms with Crippen molar-refractivity contribution < 1.29 is 4.79 Å². The van der Waals surface area contributed by atoms with Gasteiger partial charge in [-0.25, -0.2) is 9.97 Å². The zero-order valence-corrected chi connectivity index (χ0v) is 10.1. The predicted molar refractivity (Wildman–Crippen MR) is 65.6 cm³/mol. The van der Waals surface area contributed by atoms with Gasteiger partial charge in [0.1, 0.15) is 6.33 Å². The van der Waals surface area contributed by atoms with Crippen LogP contribution in [0.3, 0.4) is 0 Å². The van der Waals surface area contributed by atoms with Gasteiger partial charge in [0, 0.05) is 18.8 Å². The lowest BCUT2D eigenvalue weighted by molar-refractivity contribution is 0.0867. The summed E-state index contributed by atoms with van der Waals surface area (Å²) in [6, 6.07) is 0. The molecule has 0 radical (unpaired) electrons. The lowest BCUT2D eigenvalue weighted by atomic mass is 9.70. The van der Waals surface area contributed by atoms with Crippen molar-refractivity contribution in [3.63, 3.8) is 0 Å². The first-order valence-corrected chi connectivity index (χ1v) is 6.24. The van der Waals surface area contributed by atoms with Crippen LogP contribution >= 0.6 is 0 Å². The summed E-state index contributed by atoms with van der Waals surface area (Å²) >= 11 is 0. The lowest BCUT2D eigenvalue weighted by Gasteiger charge is -2.35. The van der Waals surface area contributed by atoms with Gasteiger partial charge in [-0.3, -0.25) is 4.79 Å². The highest BCUT2D eigenvalue weighted by molar-refractivity contribution is 5.95. The smallest absolute Gasteiger partial charge is 0.166 e. The SMILES string of the molecule is NCC1(CC(=O)c2cncnc2)CCCCC1. The summed E-state index contributed by atoms with van der Waals surface area (Å²) in [6.45, 7) is 0.604. The number of hydrogen-bond acceptors (Lipinski definition) is 4. The Balaban J connectivity index is 2.06. The molecule has 4 nitrogen and oxygen atoms in total. The number of Topliss-reactive ketones (excluding diaryl/α,β-unsaturated/α-hetero) is 1. The van der Waals surface area contributed by atoms with Crippen molar-refractivity contribution in [2.24, 2.45) is 11.1 Å². The Morgan fingerprint density at radius 2 is 1.88 bits per heavy atom. The maximum absolute atomic E-state index is 12.1. The lowest BCUT2D eigenvalue weighted by Crippen LogP contribution is -2.35. The van der Waals surface area contributed by atoms with Crippen molar-refractivity contribution in [2.75, 3.05) is 6.54 Å². The number of hydrogen-bond donors (Lipinski definition) is 1. The molecule has 2 rings (SSSR count). The fourth-order valence-corrected chi connectivity index (χ4v) is 2.64. The number of ketones is 1. The van der Waals surface area contributed by atoms with Gasteiger partial charge in [0.05, 0.1) is 5.56 Å². The third-order valence-electron chi connectivity index (χ3n) is 3.77. The molecular formula is C13H19N3O. The highest BCUT2D eigenvalue weighted by atomic mass is 16.1. The Hall–Kier alpha value is -1.29. The molecule has 1 aliphatic carbocycles. The fraction of sp³-hybridized carbons (Fsp3) is 0.615. The Bertz CT molecular complexity index is 372. The molecule has 17 heavy (non-hydrogen) atoms. The van der Waals surface area contributed by atoms with Crippen LogP contribution in [-0.2, 0) is 0 Å². The molecular weight excluding hydrogens is 214 g/mol. The minimum Gasteiger partial charge on any atom is -0.330 e. The molecule has 1 aromatic heterocycles. The number of aromatic nitrogens is 2. The standard InChI is InChI=1S/C13H19N3O/c14-9-13(4-2-1-3-5-13)6-12(17)11-7-15-10-16-8-11/h7-8,10H,1-6,9,14H2. The van der Waals surface area contributed by atoms with E-state index in [1.165, 1.54) is 25.6 Å². The number of carbonyl (C=O) groups is 1. The zero-order valence-electron chi connectivity index (χ0n) is 10.1. The normalized spacial score (nSPS) is 18.9. The summed E-state index contributed by atoms with van der Waals surface area (Å²) in [6.07, 6.45) is 10.9. The zero-order chi connectivity index (χ0) is 12.1. The van der Waals surface area contributed by atoms with E-state index in [1.54, 1.807) is 12.4 Å². The predicted octanol–water partition coefficient (Wildman–Crippen LogP) is 1.96. The van der Waals surface area contributed by atoms with E-state index < -0.39 is 0 Å². The molecule has 0 spiro atoms. The molecule has 0 unspecified atom stereocenters. The first-order valence-electron chi connectivity index (χ1n) is 6.24. The van der Waals surface area contributed by atoms with E-state index in [-0.39, 0.29) is 11.2 Å². The topological polar surface area (TPSA) is 68.9 Å².